The van der Waals surface area contributed by atoms with Gasteiger partial charge in [-0.2, -0.15) is 5.26 Å². The normalized spacial score (nSPS) is 10.3. The standard InChI is InChI=1S/C13H7N5O2/c14-7-13-16-5-6-17(13)11-1-2-12(18(19)20)10-8-15-4-3-9(10)11/h1-6,8H. The highest BCUT2D eigenvalue weighted by Crippen LogP contribution is 2.30. The summed E-state index contributed by atoms with van der Waals surface area (Å²) in [5.74, 6) is 0.219. The highest BCUT2D eigenvalue weighted by atomic mass is 16.6. The smallest absolute Gasteiger partial charge is 0.278 e. The first-order chi connectivity index (χ1) is 9.72. The fourth-order valence-electron chi connectivity index (χ4n) is 2.11. The fourth-order valence-corrected chi connectivity index (χ4v) is 2.11. The van der Waals surface area contributed by atoms with E-state index in [4.69, 9.17) is 5.26 Å². The number of benzene rings is 1. The molecule has 0 bridgehead atoms. The molecule has 0 saturated carbocycles. The molecule has 0 aliphatic carbocycles. The van der Waals surface area contributed by atoms with Gasteiger partial charge in [0.15, 0.2) is 0 Å². The fraction of sp³-hybridized carbons (Fsp3) is 0. The second-order valence-electron chi connectivity index (χ2n) is 4.01. The first-order valence-electron chi connectivity index (χ1n) is 5.67. The molecule has 1 aromatic carbocycles. The van der Waals surface area contributed by atoms with Crippen molar-refractivity contribution in [2.45, 2.75) is 0 Å². The molecule has 0 atom stereocenters. The summed E-state index contributed by atoms with van der Waals surface area (Å²) in [4.78, 5) is 18.4. The predicted octanol–water partition coefficient (Wildman–Crippen LogP) is 2.20. The summed E-state index contributed by atoms with van der Waals surface area (Å²) < 4.78 is 1.59. The molecule has 0 saturated heterocycles. The molecule has 7 nitrogen and oxygen atoms in total. The number of aromatic nitrogens is 3. The molecule has 0 radical (unpaired) electrons. The van der Waals surface area contributed by atoms with Gasteiger partial charge in [-0.05, 0) is 12.1 Å². The van der Waals surface area contributed by atoms with Crippen LogP contribution in [-0.2, 0) is 0 Å². The van der Waals surface area contributed by atoms with E-state index in [-0.39, 0.29) is 11.5 Å². The van der Waals surface area contributed by atoms with Crippen LogP contribution in [0.3, 0.4) is 0 Å². The maximum Gasteiger partial charge on any atom is 0.278 e. The zero-order chi connectivity index (χ0) is 14.1. The van der Waals surface area contributed by atoms with Crippen LogP contribution in [0.5, 0.6) is 0 Å². The van der Waals surface area contributed by atoms with Gasteiger partial charge in [-0.25, -0.2) is 4.98 Å². The van der Waals surface area contributed by atoms with Crippen LogP contribution in [0.15, 0.2) is 43.0 Å². The number of pyridine rings is 1. The SMILES string of the molecule is N#Cc1nccn1-c1ccc([N+](=O)[O-])c2cnccc12. The van der Waals surface area contributed by atoms with Gasteiger partial charge < -0.3 is 0 Å². The zero-order valence-electron chi connectivity index (χ0n) is 10.1. The van der Waals surface area contributed by atoms with E-state index in [0.29, 0.717) is 16.5 Å². The van der Waals surface area contributed by atoms with Gasteiger partial charge in [-0.1, -0.05) is 0 Å². The Bertz CT molecular complexity index is 863. The molecule has 96 valence electrons. The monoisotopic (exact) mass is 265 g/mol. The van der Waals surface area contributed by atoms with Crippen LogP contribution < -0.4 is 0 Å². The van der Waals surface area contributed by atoms with Gasteiger partial charge in [0, 0.05) is 36.2 Å². The maximum atomic E-state index is 11.0. The average molecular weight is 265 g/mol. The molecule has 2 heterocycles. The number of fused-ring (bicyclic) bond motifs is 1. The Morgan fingerprint density at radius 3 is 2.85 bits per heavy atom. The summed E-state index contributed by atoms with van der Waals surface area (Å²) >= 11 is 0. The second kappa shape index (κ2) is 4.44. The highest BCUT2D eigenvalue weighted by Gasteiger charge is 2.16. The van der Waals surface area contributed by atoms with Crippen molar-refractivity contribution < 1.29 is 4.92 Å². The number of hydrogen-bond acceptors (Lipinski definition) is 5. The molecule has 0 N–H and O–H groups in total. The third-order valence-electron chi connectivity index (χ3n) is 2.97. The number of nitro benzene ring substituents is 1. The largest absolute Gasteiger partial charge is 0.291 e. The number of hydrogen-bond donors (Lipinski definition) is 0. The Hall–Kier alpha value is -3.27. The van der Waals surface area contributed by atoms with Gasteiger partial charge in [0.05, 0.1) is 16.0 Å². The van der Waals surface area contributed by atoms with Crippen molar-refractivity contribution in [2.24, 2.45) is 0 Å². The molecule has 3 aromatic rings. The molecule has 0 aliphatic rings. The van der Waals surface area contributed by atoms with E-state index in [1.807, 2.05) is 6.07 Å². The van der Waals surface area contributed by atoms with Crippen LogP contribution in [0, 0.1) is 21.4 Å². The maximum absolute atomic E-state index is 11.0. The number of nitro groups is 1. The molecule has 7 heteroatoms. The number of non-ortho nitro benzene ring substituents is 1. The van der Waals surface area contributed by atoms with Crippen molar-refractivity contribution in [3.05, 3.63) is 58.9 Å². The van der Waals surface area contributed by atoms with Crippen LogP contribution in [0.4, 0.5) is 5.69 Å². The third kappa shape index (κ3) is 1.67. The average Bonchev–Trinajstić information content (AvgIpc) is 2.94. The van der Waals surface area contributed by atoms with Crippen molar-refractivity contribution >= 4 is 16.5 Å². The minimum absolute atomic E-state index is 0.0181. The van der Waals surface area contributed by atoms with Gasteiger partial charge >= 0.3 is 0 Å². The lowest BCUT2D eigenvalue weighted by atomic mass is 10.1. The zero-order valence-corrected chi connectivity index (χ0v) is 10.1. The lowest BCUT2D eigenvalue weighted by molar-refractivity contribution is -0.383. The van der Waals surface area contributed by atoms with E-state index in [1.54, 1.807) is 29.1 Å². The molecular weight excluding hydrogens is 258 g/mol. The van der Waals surface area contributed by atoms with Crippen molar-refractivity contribution in [1.29, 1.82) is 5.26 Å². The molecule has 0 aliphatic heterocycles. The van der Waals surface area contributed by atoms with Gasteiger partial charge in [-0.3, -0.25) is 19.7 Å². The van der Waals surface area contributed by atoms with E-state index < -0.39 is 4.92 Å². The Labute approximate surface area is 112 Å². The molecule has 2 aromatic heterocycles. The van der Waals surface area contributed by atoms with Crippen LogP contribution in [-0.4, -0.2) is 19.5 Å². The predicted molar refractivity (Wildman–Crippen MR) is 70.2 cm³/mol. The van der Waals surface area contributed by atoms with Gasteiger partial charge in [-0.15, -0.1) is 0 Å². The van der Waals surface area contributed by atoms with E-state index in [0.717, 1.165) is 0 Å². The van der Waals surface area contributed by atoms with Crippen LogP contribution in [0.2, 0.25) is 0 Å². The topological polar surface area (TPSA) is 97.6 Å². The molecule has 0 spiro atoms. The Morgan fingerprint density at radius 2 is 2.10 bits per heavy atom. The molecule has 0 fully saturated rings. The molecule has 0 amide bonds. The van der Waals surface area contributed by atoms with Crippen molar-refractivity contribution in [2.75, 3.05) is 0 Å². The summed E-state index contributed by atoms with van der Waals surface area (Å²) in [6.07, 6.45) is 6.14. The third-order valence-corrected chi connectivity index (χ3v) is 2.97. The van der Waals surface area contributed by atoms with Gasteiger partial charge in [0.2, 0.25) is 5.82 Å². The summed E-state index contributed by atoms with van der Waals surface area (Å²) in [7, 11) is 0. The Balaban J connectivity index is 2.37. The van der Waals surface area contributed by atoms with E-state index in [2.05, 4.69) is 9.97 Å². The lowest BCUT2D eigenvalue weighted by Gasteiger charge is -2.08. The highest BCUT2D eigenvalue weighted by molar-refractivity contribution is 5.96. The number of nitrogens with zero attached hydrogens (tertiary/aromatic N) is 5. The first-order valence-corrected chi connectivity index (χ1v) is 5.67. The van der Waals surface area contributed by atoms with E-state index >= 15 is 0 Å². The van der Waals surface area contributed by atoms with E-state index in [1.165, 1.54) is 18.5 Å². The van der Waals surface area contributed by atoms with Crippen LogP contribution in [0.25, 0.3) is 16.5 Å². The quantitative estimate of drug-likeness (QED) is 0.522. The molecule has 0 unspecified atom stereocenters. The van der Waals surface area contributed by atoms with Gasteiger partial charge in [0.1, 0.15) is 6.07 Å². The summed E-state index contributed by atoms with van der Waals surface area (Å²) in [5.41, 5.74) is 0.637. The lowest BCUT2D eigenvalue weighted by Crippen LogP contribution is -1.99. The van der Waals surface area contributed by atoms with Crippen molar-refractivity contribution in [3.8, 4) is 11.8 Å². The van der Waals surface area contributed by atoms with Crippen LogP contribution >= 0.6 is 0 Å². The molecule has 20 heavy (non-hydrogen) atoms. The molecule has 3 rings (SSSR count). The van der Waals surface area contributed by atoms with Crippen LogP contribution in [0.1, 0.15) is 5.82 Å². The summed E-state index contributed by atoms with van der Waals surface area (Å²) in [5, 5.41) is 21.1. The summed E-state index contributed by atoms with van der Waals surface area (Å²) in [6.45, 7) is 0. The minimum Gasteiger partial charge on any atom is -0.291 e. The summed E-state index contributed by atoms with van der Waals surface area (Å²) in [6, 6.07) is 6.66. The number of nitriles is 1. The van der Waals surface area contributed by atoms with Crippen molar-refractivity contribution in [1.82, 2.24) is 14.5 Å². The van der Waals surface area contributed by atoms with E-state index in [9.17, 15) is 10.1 Å². The Morgan fingerprint density at radius 1 is 1.25 bits per heavy atom. The van der Waals surface area contributed by atoms with Crippen molar-refractivity contribution in [3.63, 3.8) is 0 Å². The minimum atomic E-state index is -0.451. The number of imidazole rings is 1. The number of rotatable bonds is 2. The first kappa shape index (κ1) is 11.8. The van der Waals surface area contributed by atoms with Gasteiger partial charge in [0.25, 0.3) is 5.69 Å². The Kier molecular flexibility index (Phi) is 2.62. The molecular formula is C13H7N5O2. The second-order valence-corrected chi connectivity index (χ2v) is 4.01.